The number of hydrogen-bond acceptors (Lipinski definition) is 15. The van der Waals surface area contributed by atoms with Crippen LogP contribution in [-0.2, 0) is 71.3 Å². The van der Waals surface area contributed by atoms with E-state index in [1.54, 1.807) is 13.8 Å². The van der Waals surface area contributed by atoms with E-state index in [0.29, 0.717) is 38.5 Å². The Balaban J connectivity index is 1.17. The summed E-state index contributed by atoms with van der Waals surface area (Å²) in [6.07, 6.45) is 0.750. The molecule has 1 N–H and O–H groups in total. The first-order valence-corrected chi connectivity index (χ1v) is 19.6. The van der Waals surface area contributed by atoms with Crippen molar-refractivity contribution < 1.29 is 71.3 Å². The third-order valence-electron chi connectivity index (χ3n) is 11.5. The molecule has 0 aromatic heterocycles. The molecule has 296 valence electrons. The fraction of sp³-hybridized carbons (Fsp3) is 0.865. The summed E-state index contributed by atoms with van der Waals surface area (Å²) >= 11 is 0. The zero-order valence-electron chi connectivity index (χ0n) is 30.8. The van der Waals surface area contributed by atoms with Crippen LogP contribution in [0.1, 0.15) is 117 Å². The molecule has 4 saturated carbocycles. The van der Waals surface area contributed by atoms with Gasteiger partial charge in [-0.2, -0.15) is 0 Å². The van der Waals surface area contributed by atoms with Crippen molar-refractivity contribution in [3.05, 3.63) is 0 Å². The first-order valence-electron chi connectivity index (χ1n) is 19.6. The first kappa shape index (κ1) is 38.4. The molecule has 7 fully saturated rings. The monoisotopic (exact) mass is 751 g/mol. The lowest BCUT2D eigenvalue weighted by molar-refractivity contribution is -0.227. The third kappa shape index (κ3) is 7.68. The standard InChI is InChI=1S/C37H53NO15/c1-4-44-31(40)27-29(52-36(50-27)17-11-7-12-18-36)33(42)46-23-22(38-21(3)39)24(26-25(23)48-35(49-26)15-9-6-10-16-35)47-34(43)30-28(32(41)45-5-2)51-37(53-30)19-13-8-14-20-37/h22-30H,4-20H2,1-3H3,(H,38,39)/t22?,23-,24+,25+,26-,27-,28-,29-,30-/m1/s1. The van der Waals surface area contributed by atoms with Gasteiger partial charge in [-0.1, -0.05) is 19.3 Å². The Hall–Kier alpha value is -2.89. The number of carbonyl (C=O) groups excluding carboxylic acids is 5. The molecule has 16 nitrogen and oxygen atoms in total. The Bertz CT molecular complexity index is 1300. The Morgan fingerprint density at radius 1 is 0.509 bits per heavy atom. The van der Waals surface area contributed by atoms with E-state index in [-0.39, 0.29) is 13.2 Å². The van der Waals surface area contributed by atoms with Crippen molar-refractivity contribution in [2.24, 2.45) is 0 Å². The van der Waals surface area contributed by atoms with Gasteiger partial charge in [-0.15, -0.1) is 0 Å². The van der Waals surface area contributed by atoms with E-state index in [1.807, 2.05) is 0 Å². The fourth-order valence-electron chi connectivity index (χ4n) is 9.19. The summed E-state index contributed by atoms with van der Waals surface area (Å²) in [6.45, 7) is 4.73. The van der Waals surface area contributed by atoms with Crippen molar-refractivity contribution in [1.82, 2.24) is 5.32 Å². The van der Waals surface area contributed by atoms with Crippen molar-refractivity contribution in [2.45, 2.75) is 189 Å². The van der Waals surface area contributed by atoms with Crippen LogP contribution in [0.3, 0.4) is 0 Å². The lowest BCUT2D eigenvalue weighted by Crippen LogP contribution is -2.54. The lowest BCUT2D eigenvalue weighted by Gasteiger charge is -2.36. The highest BCUT2D eigenvalue weighted by Crippen LogP contribution is 2.49. The van der Waals surface area contributed by atoms with Crippen LogP contribution in [0.25, 0.3) is 0 Å². The summed E-state index contributed by atoms with van der Waals surface area (Å²) in [5.41, 5.74) is 0. The smallest absolute Gasteiger partial charge is 0.339 e. The molecule has 1 amide bonds. The van der Waals surface area contributed by atoms with Crippen molar-refractivity contribution in [3.8, 4) is 0 Å². The Morgan fingerprint density at radius 3 is 1.15 bits per heavy atom. The predicted octanol–water partition coefficient (Wildman–Crippen LogP) is 2.79. The minimum atomic E-state index is -1.46. The third-order valence-corrected chi connectivity index (χ3v) is 11.5. The van der Waals surface area contributed by atoms with Crippen LogP contribution in [0.15, 0.2) is 0 Å². The molecule has 1 unspecified atom stereocenters. The molecule has 4 aliphatic carbocycles. The van der Waals surface area contributed by atoms with Gasteiger partial charge in [0.25, 0.3) is 0 Å². The maximum atomic E-state index is 14.2. The van der Waals surface area contributed by atoms with Crippen molar-refractivity contribution in [2.75, 3.05) is 13.2 Å². The average Bonchev–Trinajstić information content (AvgIpc) is 3.86. The number of ether oxygens (including phenoxy) is 10. The highest BCUT2D eigenvalue weighted by atomic mass is 16.8. The van der Waals surface area contributed by atoms with Gasteiger partial charge in [-0.05, 0) is 52.4 Å². The van der Waals surface area contributed by atoms with Gasteiger partial charge >= 0.3 is 23.9 Å². The van der Waals surface area contributed by atoms with Crippen LogP contribution < -0.4 is 5.32 Å². The van der Waals surface area contributed by atoms with E-state index in [0.717, 1.165) is 57.8 Å². The van der Waals surface area contributed by atoms with E-state index in [4.69, 9.17) is 47.4 Å². The molecule has 3 spiro atoms. The second-order valence-electron chi connectivity index (χ2n) is 15.3. The van der Waals surface area contributed by atoms with Crippen molar-refractivity contribution >= 4 is 29.8 Å². The van der Waals surface area contributed by atoms with Gasteiger partial charge in [0.15, 0.2) is 54.0 Å². The second kappa shape index (κ2) is 15.7. The first-order chi connectivity index (χ1) is 25.5. The van der Waals surface area contributed by atoms with Gasteiger partial charge in [0.05, 0.1) is 13.2 Å². The summed E-state index contributed by atoms with van der Waals surface area (Å²) in [4.78, 5) is 67.3. The van der Waals surface area contributed by atoms with E-state index < -0.39 is 102 Å². The topological polar surface area (TPSA) is 190 Å². The van der Waals surface area contributed by atoms with Crippen molar-refractivity contribution in [1.29, 1.82) is 0 Å². The summed E-state index contributed by atoms with van der Waals surface area (Å²) in [6, 6.07) is -1.16. The molecular weight excluding hydrogens is 698 g/mol. The van der Waals surface area contributed by atoms with Gasteiger partial charge in [0, 0.05) is 45.4 Å². The largest absolute Gasteiger partial charge is 0.464 e. The van der Waals surface area contributed by atoms with E-state index >= 15 is 0 Å². The predicted molar refractivity (Wildman–Crippen MR) is 177 cm³/mol. The van der Waals surface area contributed by atoms with Gasteiger partial charge in [-0.25, -0.2) is 19.2 Å². The zero-order chi connectivity index (χ0) is 37.4. The molecule has 3 aliphatic heterocycles. The molecule has 7 rings (SSSR count). The number of carbonyl (C=O) groups is 5. The SMILES string of the molecule is CCOC(=O)[C@@H]1OC2(CCCCC2)O[C@H]1C(=O)O[C@@H]1C(NC(C)=O)[C@H](OC(=O)[C@@H]2OC3(CCCCC3)O[C@H]2C(=O)OCC)[C@H]2OC3(CCCCC3)O[C@H]21. The minimum Gasteiger partial charge on any atom is -0.464 e. The molecule has 0 radical (unpaired) electrons. The fourth-order valence-corrected chi connectivity index (χ4v) is 9.19. The Morgan fingerprint density at radius 2 is 0.830 bits per heavy atom. The molecule has 3 heterocycles. The average molecular weight is 752 g/mol. The van der Waals surface area contributed by atoms with E-state index in [2.05, 4.69) is 5.32 Å². The van der Waals surface area contributed by atoms with Gasteiger partial charge < -0.3 is 52.7 Å². The van der Waals surface area contributed by atoms with Crippen LogP contribution in [0, 0.1) is 0 Å². The van der Waals surface area contributed by atoms with Crippen LogP contribution in [0.5, 0.6) is 0 Å². The van der Waals surface area contributed by atoms with Crippen LogP contribution in [0.4, 0.5) is 0 Å². The highest BCUT2D eigenvalue weighted by molar-refractivity contribution is 5.87. The molecule has 0 aromatic carbocycles. The molecule has 0 aromatic rings. The molecule has 9 atom stereocenters. The maximum Gasteiger partial charge on any atom is 0.339 e. The highest BCUT2D eigenvalue weighted by Gasteiger charge is 2.66. The number of hydrogen-bond donors (Lipinski definition) is 1. The number of fused-ring (bicyclic) bond motifs is 1. The zero-order valence-corrected chi connectivity index (χ0v) is 30.8. The molecule has 7 aliphatic rings. The molecule has 0 bridgehead atoms. The number of esters is 4. The lowest BCUT2D eigenvalue weighted by atomic mass is 9.94. The van der Waals surface area contributed by atoms with Gasteiger partial charge in [0.1, 0.15) is 18.2 Å². The Labute approximate surface area is 308 Å². The summed E-state index contributed by atoms with van der Waals surface area (Å²) in [5.74, 6) is -7.14. The van der Waals surface area contributed by atoms with Crippen LogP contribution in [-0.4, -0.2) is 115 Å². The number of nitrogens with one attached hydrogen (secondary N) is 1. The molecule has 53 heavy (non-hydrogen) atoms. The molecular formula is C37H53NO15. The maximum absolute atomic E-state index is 14.2. The van der Waals surface area contributed by atoms with Gasteiger partial charge in [0.2, 0.25) is 5.91 Å². The van der Waals surface area contributed by atoms with Crippen LogP contribution >= 0.6 is 0 Å². The summed E-state index contributed by atoms with van der Waals surface area (Å²) in [7, 11) is 0. The quantitative estimate of drug-likeness (QED) is 0.267. The van der Waals surface area contributed by atoms with Crippen LogP contribution in [0.2, 0.25) is 0 Å². The molecule has 3 saturated heterocycles. The number of amides is 1. The van der Waals surface area contributed by atoms with E-state index in [9.17, 15) is 24.0 Å². The van der Waals surface area contributed by atoms with Crippen molar-refractivity contribution in [3.63, 3.8) is 0 Å². The van der Waals surface area contributed by atoms with E-state index in [1.165, 1.54) is 6.92 Å². The normalized spacial score (nSPS) is 36.5. The summed E-state index contributed by atoms with van der Waals surface area (Å²) in [5, 5.41) is 2.80. The number of rotatable bonds is 9. The minimum absolute atomic E-state index is 0.0681. The molecule has 16 heteroatoms. The summed E-state index contributed by atoms with van der Waals surface area (Å²) < 4.78 is 60.8. The van der Waals surface area contributed by atoms with Gasteiger partial charge in [-0.3, -0.25) is 4.79 Å². The Kier molecular flexibility index (Phi) is 11.4. The second-order valence-corrected chi connectivity index (χ2v) is 15.3.